The van der Waals surface area contributed by atoms with Crippen LogP contribution < -0.4 is 5.73 Å². The van der Waals surface area contributed by atoms with Gasteiger partial charge in [0, 0.05) is 31.8 Å². The van der Waals surface area contributed by atoms with Crippen LogP contribution >= 0.6 is 0 Å². The molecule has 0 aromatic heterocycles. The summed E-state index contributed by atoms with van der Waals surface area (Å²) in [5, 5.41) is 9.56. The van der Waals surface area contributed by atoms with Gasteiger partial charge in [0.25, 0.3) is 0 Å². The minimum Gasteiger partial charge on any atom is -0.395 e. The third-order valence-corrected chi connectivity index (χ3v) is 3.88. The Kier molecular flexibility index (Phi) is 7.15. The SMILES string of the molecule is CC(C)CC(N)C(CO)N(C)CC1CCOCC1. The van der Waals surface area contributed by atoms with E-state index in [1.807, 2.05) is 0 Å². The molecule has 18 heavy (non-hydrogen) atoms. The highest BCUT2D eigenvalue weighted by atomic mass is 16.5. The van der Waals surface area contributed by atoms with Crippen LogP contribution in [-0.2, 0) is 4.74 Å². The fourth-order valence-corrected chi connectivity index (χ4v) is 2.77. The largest absolute Gasteiger partial charge is 0.395 e. The molecule has 2 atom stereocenters. The van der Waals surface area contributed by atoms with Crippen molar-refractivity contribution in [3.8, 4) is 0 Å². The number of nitrogens with two attached hydrogens (primary N) is 1. The molecule has 0 amide bonds. The minimum atomic E-state index is 0.0554. The Labute approximate surface area is 111 Å². The Morgan fingerprint density at radius 2 is 1.94 bits per heavy atom. The predicted molar refractivity (Wildman–Crippen MR) is 74.5 cm³/mol. The van der Waals surface area contributed by atoms with Crippen LogP contribution in [0.2, 0.25) is 0 Å². The standard InChI is InChI=1S/C14H30N2O2/c1-11(2)8-13(15)14(10-17)16(3)9-12-4-6-18-7-5-12/h11-14,17H,4-10,15H2,1-3H3. The van der Waals surface area contributed by atoms with Gasteiger partial charge in [-0.05, 0) is 38.1 Å². The summed E-state index contributed by atoms with van der Waals surface area (Å²) in [6.07, 6.45) is 3.22. The van der Waals surface area contributed by atoms with Crippen molar-refractivity contribution in [3.63, 3.8) is 0 Å². The van der Waals surface area contributed by atoms with Gasteiger partial charge in [0.2, 0.25) is 0 Å². The van der Waals surface area contributed by atoms with Crippen molar-refractivity contribution in [2.45, 2.75) is 45.2 Å². The Bertz CT molecular complexity index is 218. The molecular weight excluding hydrogens is 228 g/mol. The molecule has 0 spiro atoms. The molecule has 1 fully saturated rings. The van der Waals surface area contributed by atoms with Crippen molar-refractivity contribution in [3.05, 3.63) is 0 Å². The van der Waals surface area contributed by atoms with Crippen molar-refractivity contribution in [1.82, 2.24) is 4.90 Å². The van der Waals surface area contributed by atoms with E-state index in [0.717, 1.165) is 39.0 Å². The molecule has 1 saturated heterocycles. The third kappa shape index (κ3) is 5.22. The van der Waals surface area contributed by atoms with Crippen molar-refractivity contribution in [1.29, 1.82) is 0 Å². The van der Waals surface area contributed by atoms with Crippen molar-refractivity contribution >= 4 is 0 Å². The zero-order valence-corrected chi connectivity index (χ0v) is 12.1. The first-order chi connectivity index (χ1) is 8.54. The van der Waals surface area contributed by atoms with E-state index in [1.54, 1.807) is 0 Å². The monoisotopic (exact) mass is 258 g/mol. The Balaban J connectivity index is 2.42. The van der Waals surface area contributed by atoms with E-state index in [2.05, 4.69) is 25.8 Å². The topological polar surface area (TPSA) is 58.7 Å². The summed E-state index contributed by atoms with van der Waals surface area (Å²) in [4.78, 5) is 2.24. The molecule has 108 valence electrons. The predicted octanol–water partition coefficient (Wildman–Crippen LogP) is 1.08. The minimum absolute atomic E-state index is 0.0554. The van der Waals surface area contributed by atoms with E-state index in [9.17, 15) is 5.11 Å². The maximum absolute atomic E-state index is 9.56. The maximum Gasteiger partial charge on any atom is 0.0601 e. The van der Waals surface area contributed by atoms with Crippen molar-refractivity contribution in [2.24, 2.45) is 17.6 Å². The fourth-order valence-electron chi connectivity index (χ4n) is 2.77. The summed E-state index contributed by atoms with van der Waals surface area (Å²) in [6.45, 7) is 7.26. The normalized spacial score (nSPS) is 21.5. The van der Waals surface area contributed by atoms with E-state index in [1.165, 1.54) is 0 Å². The lowest BCUT2D eigenvalue weighted by Gasteiger charge is -2.35. The molecule has 1 aliphatic heterocycles. The molecule has 2 unspecified atom stereocenters. The van der Waals surface area contributed by atoms with Crippen LogP contribution in [0.15, 0.2) is 0 Å². The second kappa shape index (κ2) is 8.10. The first-order valence-corrected chi connectivity index (χ1v) is 7.19. The summed E-state index contributed by atoms with van der Waals surface area (Å²) < 4.78 is 5.38. The lowest BCUT2D eigenvalue weighted by Crippen LogP contribution is -2.50. The van der Waals surface area contributed by atoms with E-state index in [0.29, 0.717) is 11.8 Å². The number of ether oxygens (including phenoxy) is 1. The van der Waals surface area contributed by atoms with Crippen LogP contribution in [0.3, 0.4) is 0 Å². The smallest absolute Gasteiger partial charge is 0.0601 e. The molecule has 4 nitrogen and oxygen atoms in total. The van der Waals surface area contributed by atoms with Crippen LogP contribution in [0, 0.1) is 11.8 Å². The van der Waals surface area contributed by atoms with Crippen LogP contribution in [0.25, 0.3) is 0 Å². The highest BCUT2D eigenvalue weighted by Crippen LogP contribution is 2.18. The summed E-state index contributed by atoms with van der Waals surface area (Å²) in [5.41, 5.74) is 6.21. The van der Waals surface area contributed by atoms with Crippen molar-refractivity contribution < 1.29 is 9.84 Å². The number of rotatable bonds is 7. The molecule has 0 bridgehead atoms. The molecule has 4 heteroatoms. The highest BCUT2D eigenvalue weighted by molar-refractivity contribution is 4.82. The first kappa shape index (κ1) is 15.9. The second-order valence-electron chi connectivity index (χ2n) is 6.04. The molecule has 1 rings (SSSR count). The molecule has 0 radical (unpaired) electrons. The highest BCUT2D eigenvalue weighted by Gasteiger charge is 2.25. The van der Waals surface area contributed by atoms with Gasteiger partial charge in [-0.1, -0.05) is 13.8 Å². The van der Waals surface area contributed by atoms with Crippen LogP contribution in [0.4, 0.5) is 0 Å². The molecule has 0 saturated carbocycles. The van der Waals surface area contributed by atoms with Crippen LogP contribution in [-0.4, -0.2) is 55.5 Å². The lowest BCUT2D eigenvalue weighted by atomic mass is 9.95. The van der Waals surface area contributed by atoms with Gasteiger partial charge in [0.1, 0.15) is 0 Å². The first-order valence-electron chi connectivity index (χ1n) is 7.19. The Hall–Kier alpha value is -0.160. The molecular formula is C14H30N2O2. The molecule has 1 heterocycles. The summed E-state index contributed by atoms with van der Waals surface area (Å²) in [5.74, 6) is 1.26. The van der Waals surface area contributed by atoms with E-state index in [-0.39, 0.29) is 18.7 Å². The number of likely N-dealkylation sites (N-methyl/N-ethyl adjacent to an activating group) is 1. The number of aliphatic hydroxyl groups is 1. The zero-order valence-electron chi connectivity index (χ0n) is 12.1. The van der Waals surface area contributed by atoms with Gasteiger partial charge < -0.3 is 15.6 Å². The molecule has 0 aliphatic carbocycles. The quantitative estimate of drug-likeness (QED) is 0.717. The van der Waals surface area contributed by atoms with E-state index < -0.39 is 0 Å². The molecule has 3 N–H and O–H groups in total. The van der Waals surface area contributed by atoms with Gasteiger partial charge >= 0.3 is 0 Å². The molecule has 0 aromatic rings. The van der Waals surface area contributed by atoms with E-state index in [4.69, 9.17) is 10.5 Å². The maximum atomic E-state index is 9.56. The number of nitrogens with zero attached hydrogens (tertiary/aromatic N) is 1. The number of hydrogen-bond acceptors (Lipinski definition) is 4. The zero-order chi connectivity index (χ0) is 13.5. The van der Waals surface area contributed by atoms with Crippen molar-refractivity contribution in [2.75, 3.05) is 33.4 Å². The number of hydrogen-bond donors (Lipinski definition) is 2. The van der Waals surface area contributed by atoms with Crippen LogP contribution in [0.1, 0.15) is 33.1 Å². The Morgan fingerprint density at radius 3 is 2.44 bits per heavy atom. The van der Waals surface area contributed by atoms with Gasteiger partial charge in [-0.2, -0.15) is 0 Å². The summed E-state index contributed by atoms with van der Waals surface area (Å²) >= 11 is 0. The van der Waals surface area contributed by atoms with E-state index >= 15 is 0 Å². The molecule has 1 aliphatic rings. The van der Waals surface area contributed by atoms with Gasteiger partial charge in [-0.25, -0.2) is 0 Å². The van der Waals surface area contributed by atoms with Crippen LogP contribution in [0.5, 0.6) is 0 Å². The number of aliphatic hydroxyl groups excluding tert-OH is 1. The average molecular weight is 258 g/mol. The summed E-state index contributed by atoms with van der Waals surface area (Å²) in [7, 11) is 2.08. The van der Waals surface area contributed by atoms with Gasteiger partial charge in [-0.15, -0.1) is 0 Å². The fraction of sp³-hybridized carbons (Fsp3) is 1.00. The second-order valence-corrected chi connectivity index (χ2v) is 6.04. The summed E-state index contributed by atoms with van der Waals surface area (Å²) in [6, 6.07) is 0.134. The Morgan fingerprint density at radius 1 is 1.33 bits per heavy atom. The lowest BCUT2D eigenvalue weighted by molar-refractivity contribution is 0.0399. The third-order valence-electron chi connectivity index (χ3n) is 3.88. The molecule has 0 aromatic carbocycles. The van der Waals surface area contributed by atoms with Gasteiger partial charge in [0.05, 0.1) is 6.61 Å². The average Bonchev–Trinajstić information content (AvgIpc) is 2.30. The van der Waals surface area contributed by atoms with Gasteiger partial charge in [-0.3, -0.25) is 4.90 Å². The van der Waals surface area contributed by atoms with Gasteiger partial charge in [0.15, 0.2) is 0 Å².